The van der Waals surface area contributed by atoms with Gasteiger partial charge in [-0.25, -0.2) is 4.98 Å². The van der Waals surface area contributed by atoms with E-state index in [1.165, 1.54) is 0 Å². The molecule has 19 heavy (non-hydrogen) atoms. The molecule has 0 unspecified atom stereocenters. The molecule has 0 radical (unpaired) electrons. The normalized spacial score (nSPS) is 11.5. The molecule has 0 atom stereocenters. The van der Waals surface area contributed by atoms with Crippen LogP contribution in [0.15, 0.2) is 36.7 Å². The van der Waals surface area contributed by atoms with Crippen molar-refractivity contribution in [1.29, 1.82) is 0 Å². The van der Waals surface area contributed by atoms with E-state index >= 15 is 0 Å². The van der Waals surface area contributed by atoms with Crippen molar-refractivity contribution in [1.82, 2.24) is 9.55 Å². The van der Waals surface area contributed by atoms with Crippen molar-refractivity contribution < 1.29 is 0 Å². The summed E-state index contributed by atoms with van der Waals surface area (Å²) in [6, 6.07) is 7.98. The first-order chi connectivity index (χ1) is 8.89. The zero-order valence-electron chi connectivity index (χ0n) is 11.6. The molecule has 0 saturated carbocycles. The van der Waals surface area contributed by atoms with Crippen LogP contribution in [-0.2, 0) is 12.0 Å². The van der Waals surface area contributed by atoms with Gasteiger partial charge in [0, 0.05) is 29.9 Å². The highest BCUT2D eigenvalue weighted by atomic mass is 32.1. The average Bonchev–Trinajstić information content (AvgIpc) is 2.77. The molecule has 100 valence electrons. The van der Waals surface area contributed by atoms with Crippen LogP contribution in [0.4, 0.5) is 0 Å². The molecule has 0 saturated heterocycles. The van der Waals surface area contributed by atoms with Crippen LogP contribution in [0.5, 0.6) is 0 Å². The Morgan fingerprint density at radius 2 is 2.00 bits per heavy atom. The molecule has 0 spiro atoms. The number of benzene rings is 1. The number of thiocarbonyl (C=S) groups is 1. The highest BCUT2D eigenvalue weighted by Crippen LogP contribution is 2.21. The largest absolute Gasteiger partial charge is 0.389 e. The SMILES string of the molecule is CC(C)(C)c1nccn1Cc1ccccc1C(N)=S. The first-order valence-electron chi connectivity index (χ1n) is 6.29. The third-order valence-electron chi connectivity index (χ3n) is 3.01. The number of imidazole rings is 1. The molecule has 2 N–H and O–H groups in total. The van der Waals surface area contributed by atoms with E-state index in [0.29, 0.717) is 4.99 Å². The van der Waals surface area contributed by atoms with Crippen LogP contribution in [0.2, 0.25) is 0 Å². The van der Waals surface area contributed by atoms with Crippen molar-refractivity contribution in [2.45, 2.75) is 32.7 Å². The first kappa shape index (κ1) is 13.7. The van der Waals surface area contributed by atoms with E-state index in [2.05, 4.69) is 36.4 Å². The van der Waals surface area contributed by atoms with Gasteiger partial charge < -0.3 is 10.3 Å². The molecular weight excluding hydrogens is 254 g/mol. The van der Waals surface area contributed by atoms with E-state index < -0.39 is 0 Å². The fourth-order valence-corrected chi connectivity index (χ4v) is 2.36. The van der Waals surface area contributed by atoms with Gasteiger partial charge in [0.15, 0.2) is 0 Å². The second kappa shape index (κ2) is 5.13. The molecule has 3 nitrogen and oxygen atoms in total. The number of rotatable bonds is 3. The summed E-state index contributed by atoms with van der Waals surface area (Å²) in [5, 5.41) is 0. The maximum Gasteiger partial charge on any atom is 0.114 e. The molecule has 1 aromatic heterocycles. The van der Waals surface area contributed by atoms with Crippen LogP contribution < -0.4 is 5.73 Å². The lowest BCUT2D eigenvalue weighted by Gasteiger charge is -2.20. The predicted molar refractivity (Wildman–Crippen MR) is 82.4 cm³/mol. The summed E-state index contributed by atoms with van der Waals surface area (Å²) < 4.78 is 2.15. The lowest BCUT2D eigenvalue weighted by Crippen LogP contribution is -2.20. The number of hydrogen-bond acceptors (Lipinski definition) is 2. The highest BCUT2D eigenvalue weighted by Gasteiger charge is 2.20. The number of nitrogens with two attached hydrogens (primary N) is 1. The van der Waals surface area contributed by atoms with Gasteiger partial charge in [0.25, 0.3) is 0 Å². The maximum atomic E-state index is 5.77. The zero-order chi connectivity index (χ0) is 14.0. The van der Waals surface area contributed by atoms with Gasteiger partial charge in [0.2, 0.25) is 0 Å². The Bertz CT molecular complexity index is 593. The summed E-state index contributed by atoms with van der Waals surface area (Å²) in [5.74, 6) is 1.06. The van der Waals surface area contributed by atoms with Crippen LogP contribution in [0.1, 0.15) is 37.7 Å². The Morgan fingerprint density at radius 3 is 2.63 bits per heavy atom. The molecule has 0 bridgehead atoms. The number of aromatic nitrogens is 2. The lowest BCUT2D eigenvalue weighted by molar-refractivity contribution is 0.511. The van der Waals surface area contributed by atoms with Gasteiger partial charge in [0.1, 0.15) is 10.8 Å². The predicted octanol–water partition coefficient (Wildman–Crippen LogP) is 2.86. The molecule has 2 rings (SSSR count). The Morgan fingerprint density at radius 1 is 1.32 bits per heavy atom. The molecule has 1 aromatic carbocycles. The Balaban J connectivity index is 2.38. The fraction of sp³-hybridized carbons (Fsp3) is 0.333. The number of hydrogen-bond donors (Lipinski definition) is 1. The van der Waals surface area contributed by atoms with Crippen LogP contribution >= 0.6 is 12.2 Å². The van der Waals surface area contributed by atoms with Crippen molar-refractivity contribution in [2.75, 3.05) is 0 Å². The zero-order valence-corrected chi connectivity index (χ0v) is 12.4. The Hall–Kier alpha value is -1.68. The molecule has 2 aromatic rings. The van der Waals surface area contributed by atoms with Crippen molar-refractivity contribution in [3.63, 3.8) is 0 Å². The minimum absolute atomic E-state index is 0.0155. The van der Waals surface area contributed by atoms with Crippen molar-refractivity contribution in [3.05, 3.63) is 53.6 Å². The summed E-state index contributed by atoms with van der Waals surface area (Å²) in [6.07, 6.45) is 3.83. The molecule has 1 heterocycles. The van der Waals surface area contributed by atoms with Crippen molar-refractivity contribution >= 4 is 17.2 Å². The lowest BCUT2D eigenvalue weighted by atomic mass is 9.95. The van der Waals surface area contributed by atoms with Gasteiger partial charge in [-0.3, -0.25) is 0 Å². The van der Waals surface area contributed by atoms with Gasteiger partial charge in [-0.15, -0.1) is 0 Å². The van der Waals surface area contributed by atoms with Crippen LogP contribution in [0.3, 0.4) is 0 Å². The topological polar surface area (TPSA) is 43.8 Å². The Labute approximate surface area is 119 Å². The van der Waals surface area contributed by atoms with Gasteiger partial charge in [0.05, 0.1) is 0 Å². The average molecular weight is 273 g/mol. The summed E-state index contributed by atoms with van der Waals surface area (Å²) >= 11 is 5.10. The molecular formula is C15H19N3S. The second-order valence-corrected chi connectivity index (χ2v) is 6.09. The third-order valence-corrected chi connectivity index (χ3v) is 3.23. The molecule has 0 fully saturated rings. The summed E-state index contributed by atoms with van der Waals surface area (Å²) in [7, 11) is 0. The van der Waals surface area contributed by atoms with E-state index in [4.69, 9.17) is 18.0 Å². The monoisotopic (exact) mass is 273 g/mol. The second-order valence-electron chi connectivity index (χ2n) is 5.65. The van der Waals surface area contributed by atoms with Gasteiger partial charge >= 0.3 is 0 Å². The van der Waals surface area contributed by atoms with E-state index in [1.54, 1.807) is 0 Å². The van der Waals surface area contributed by atoms with Crippen LogP contribution in [0.25, 0.3) is 0 Å². The maximum absolute atomic E-state index is 5.77. The fourth-order valence-electron chi connectivity index (χ4n) is 2.16. The summed E-state index contributed by atoms with van der Waals surface area (Å²) in [4.78, 5) is 4.89. The van der Waals surface area contributed by atoms with Gasteiger partial charge in [-0.2, -0.15) is 0 Å². The molecule has 4 heteroatoms. The van der Waals surface area contributed by atoms with E-state index in [9.17, 15) is 0 Å². The summed E-state index contributed by atoms with van der Waals surface area (Å²) in [5.41, 5.74) is 7.85. The first-order valence-corrected chi connectivity index (χ1v) is 6.70. The molecule has 0 aliphatic heterocycles. The van der Waals surface area contributed by atoms with Crippen LogP contribution in [0, 0.1) is 0 Å². The molecule has 0 aliphatic rings. The highest BCUT2D eigenvalue weighted by molar-refractivity contribution is 7.80. The quantitative estimate of drug-likeness (QED) is 0.875. The molecule has 0 amide bonds. The number of nitrogens with zero attached hydrogens (tertiary/aromatic N) is 2. The third kappa shape index (κ3) is 3.01. The van der Waals surface area contributed by atoms with Crippen LogP contribution in [-0.4, -0.2) is 14.5 Å². The summed E-state index contributed by atoms with van der Waals surface area (Å²) in [6.45, 7) is 7.21. The van der Waals surface area contributed by atoms with E-state index in [1.807, 2.05) is 30.6 Å². The van der Waals surface area contributed by atoms with E-state index in [0.717, 1.165) is 23.5 Å². The van der Waals surface area contributed by atoms with Crippen molar-refractivity contribution in [2.24, 2.45) is 5.73 Å². The minimum Gasteiger partial charge on any atom is -0.389 e. The van der Waals surface area contributed by atoms with Gasteiger partial charge in [-0.1, -0.05) is 57.3 Å². The smallest absolute Gasteiger partial charge is 0.114 e. The Kier molecular flexibility index (Phi) is 3.71. The van der Waals surface area contributed by atoms with Gasteiger partial charge in [-0.05, 0) is 5.56 Å². The standard InChI is InChI=1S/C15H19N3S/c1-15(2,3)14-17-8-9-18(14)10-11-6-4-5-7-12(11)13(16)19/h4-9H,10H2,1-3H3,(H2,16,19). The molecule has 0 aliphatic carbocycles. The van der Waals surface area contributed by atoms with Crippen molar-refractivity contribution in [3.8, 4) is 0 Å². The minimum atomic E-state index is 0.0155. The van der Waals surface area contributed by atoms with E-state index in [-0.39, 0.29) is 5.41 Å².